The van der Waals surface area contributed by atoms with Crippen molar-refractivity contribution < 1.29 is 9.53 Å². The van der Waals surface area contributed by atoms with Crippen molar-refractivity contribution in [2.75, 3.05) is 5.32 Å². The van der Waals surface area contributed by atoms with Gasteiger partial charge in [0.15, 0.2) is 5.11 Å². The van der Waals surface area contributed by atoms with Crippen molar-refractivity contribution >= 4 is 66.4 Å². The van der Waals surface area contributed by atoms with Gasteiger partial charge in [-0.2, -0.15) is 0 Å². The van der Waals surface area contributed by atoms with Gasteiger partial charge >= 0.3 is 0 Å². The molecule has 0 aliphatic carbocycles. The van der Waals surface area contributed by atoms with Crippen LogP contribution in [0, 0.1) is 0 Å². The molecule has 0 bridgehead atoms. The molecule has 0 radical (unpaired) electrons. The van der Waals surface area contributed by atoms with Crippen molar-refractivity contribution in [3.8, 4) is 16.3 Å². The smallest absolute Gasteiger partial charge is 0.257 e. The average Bonchev–Trinajstić information content (AvgIpc) is 3.33. The number of carbonyl (C=O) groups excluding carboxylic acids is 1. The van der Waals surface area contributed by atoms with Gasteiger partial charge in [-0.25, -0.2) is 4.98 Å². The Morgan fingerprint density at radius 3 is 2.58 bits per heavy atom. The fraction of sp³-hybridized carbons (Fsp3) is 0.0357. The number of nitrogens with one attached hydrogen (secondary N) is 2. The SMILES string of the molecule is O=C(NC(=S)Nc1ccc(Br)cc1-c1nc2ccccc2s1)c1cccc(OCc2ccccc2)c1. The lowest BCUT2D eigenvalue weighted by Crippen LogP contribution is -2.34. The second-order valence-electron chi connectivity index (χ2n) is 7.89. The topological polar surface area (TPSA) is 63.2 Å². The zero-order valence-electron chi connectivity index (χ0n) is 18.9. The lowest BCUT2D eigenvalue weighted by atomic mass is 10.2. The highest BCUT2D eigenvalue weighted by atomic mass is 79.9. The van der Waals surface area contributed by atoms with Gasteiger partial charge in [0, 0.05) is 15.6 Å². The number of benzene rings is 4. The maximum atomic E-state index is 12.9. The Kier molecular flexibility index (Phi) is 7.36. The van der Waals surface area contributed by atoms with E-state index in [0.717, 1.165) is 36.5 Å². The van der Waals surface area contributed by atoms with Crippen LogP contribution in [0.4, 0.5) is 5.69 Å². The molecule has 4 aromatic carbocycles. The van der Waals surface area contributed by atoms with E-state index in [1.165, 1.54) is 0 Å². The number of rotatable bonds is 6. The number of aromatic nitrogens is 1. The quantitative estimate of drug-likeness (QED) is 0.207. The first-order valence-electron chi connectivity index (χ1n) is 11.1. The molecular weight excluding hydrogens is 554 g/mol. The molecule has 8 heteroatoms. The third-order valence-corrected chi connectivity index (χ3v) is 7.09. The summed E-state index contributed by atoms with van der Waals surface area (Å²) in [6.07, 6.45) is 0. The largest absolute Gasteiger partial charge is 0.489 e. The van der Waals surface area contributed by atoms with E-state index >= 15 is 0 Å². The number of ether oxygens (including phenoxy) is 1. The molecule has 0 aliphatic heterocycles. The fourth-order valence-electron chi connectivity index (χ4n) is 3.59. The monoisotopic (exact) mass is 573 g/mol. The maximum Gasteiger partial charge on any atom is 0.257 e. The Hall–Kier alpha value is -3.59. The van der Waals surface area contributed by atoms with Gasteiger partial charge in [0.05, 0.1) is 15.9 Å². The maximum absolute atomic E-state index is 12.9. The Balaban J connectivity index is 1.28. The number of anilines is 1. The molecule has 178 valence electrons. The number of amides is 1. The summed E-state index contributed by atoms with van der Waals surface area (Å²) in [5, 5.41) is 6.97. The van der Waals surface area contributed by atoms with Crippen LogP contribution in [0.5, 0.6) is 5.75 Å². The molecule has 0 spiro atoms. The molecule has 1 heterocycles. The number of nitrogens with zero attached hydrogens (tertiary/aromatic N) is 1. The van der Waals surface area contributed by atoms with E-state index in [1.54, 1.807) is 29.5 Å². The van der Waals surface area contributed by atoms with Crippen molar-refractivity contribution in [2.45, 2.75) is 6.61 Å². The summed E-state index contributed by atoms with van der Waals surface area (Å²) in [5.74, 6) is 0.285. The molecule has 0 saturated heterocycles. The van der Waals surface area contributed by atoms with Gasteiger partial charge in [-0.1, -0.05) is 64.5 Å². The average molecular weight is 575 g/mol. The molecule has 0 fully saturated rings. The van der Waals surface area contributed by atoms with Gasteiger partial charge in [0.25, 0.3) is 5.91 Å². The standard InChI is InChI=1S/C28H20BrN3O2S2/c29-20-13-14-23(22(16-20)27-30-24-11-4-5-12-25(24)36-27)31-28(35)32-26(33)19-9-6-10-21(15-19)34-17-18-7-2-1-3-8-18/h1-16H,17H2,(H2,31,32,33,35). The highest BCUT2D eigenvalue weighted by Gasteiger charge is 2.14. The molecule has 0 atom stereocenters. The second kappa shape index (κ2) is 11.0. The van der Waals surface area contributed by atoms with E-state index in [4.69, 9.17) is 21.9 Å². The zero-order valence-corrected chi connectivity index (χ0v) is 22.1. The second-order valence-corrected chi connectivity index (χ2v) is 10.2. The molecule has 0 unspecified atom stereocenters. The fourth-order valence-corrected chi connectivity index (χ4v) is 5.15. The van der Waals surface area contributed by atoms with Crippen LogP contribution >= 0.6 is 39.5 Å². The number of halogens is 1. The van der Waals surface area contributed by atoms with Crippen molar-refractivity contribution in [3.63, 3.8) is 0 Å². The zero-order chi connectivity index (χ0) is 24.9. The summed E-state index contributed by atoms with van der Waals surface area (Å²) in [6.45, 7) is 0.421. The number of fused-ring (bicyclic) bond motifs is 1. The molecule has 0 saturated carbocycles. The molecule has 5 nitrogen and oxygen atoms in total. The lowest BCUT2D eigenvalue weighted by Gasteiger charge is -2.13. The van der Waals surface area contributed by atoms with Crippen LogP contribution in [-0.4, -0.2) is 16.0 Å². The van der Waals surface area contributed by atoms with Crippen LogP contribution in [0.1, 0.15) is 15.9 Å². The Bertz CT molecular complexity index is 1520. The van der Waals surface area contributed by atoms with Gasteiger partial charge in [-0.3, -0.25) is 10.1 Å². The van der Waals surface area contributed by atoms with E-state index in [-0.39, 0.29) is 11.0 Å². The molecule has 36 heavy (non-hydrogen) atoms. The minimum Gasteiger partial charge on any atom is -0.489 e. The molecular formula is C28H20BrN3O2S2. The minimum atomic E-state index is -0.323. The molecule has 0 aliphatic rings. The van der Waals surface area contributed by atoms with Gasteiger partial charge in [0.2, 0.25) is 0 Å². The Morgan fingerprint density at radius 1 is 0.944 bits per heavy atom. The van der Waals surface area contributed by atoms with E-state index in [9.17, 15) is 4.79 Å². The molecule has 5 rings (SSSR count). The summed E-state index contributed by atoms with van der Waals surface area (Å²) < 4.78 is 7.87. The third kappa shape index (κ3) is 5.79. The van der Waals surface area contributed by atoms with Crippen molar-refractivity contribution in [3.05, 3.63) is 113 Å². The van der Waals surface area contributed by atoms with E-state index in [1.807, 2.05) is 78.9 Å². The van der Waals surface area contributed by atoms with Crippen LogP contribution < -0.4 is 15.4 Å². The molecule has 1 aromatic heterocycles. The Labute approximate surface area is 226 Å². The highest BCUT2D eigenvalue weighted by molar-refractivity contribution is 9.10. The first-order valence-corrected chi connectivity index (χ1v) is 13.1. The number of thiazole rings is 1. The van der Waals surface area contributed by atoms with Crippen LogP contribution in [0.15, 0.2) is 102 Å². The van der Waals surface area contributed by atoms with Gasteiger partial charge in [-0.15, -0.1) is 11.3 Å². The number of thiocarbonyl (C=S) groups is 1. The van der Waals surface area contributed by atoms with Crippen LogP contribution in [-0.2, 0) is 6.61 Å². The van der Waals surface area contributed by atoms with Gasteiger partial charge in [0.1, 0.15) is 17.4 Å². The number of carbonyl (C=O) groups is 1. The summed E-state index contributed by atoms with van der Waals surface area (Å²) >= 11 is 10.6. The summed E-state index contributed by atoms with van der Waals surface area (Å²) in [7, 11) is 0. The molecule has 1 amide bonds. The first kappa shape index (κ1) is 24.1. The predicted octanol–water partition coefficient (Wildman–Crippen LogP) is 7.43. The predicted molar refractivity (Wildman–Crippen MR) is 154 cm³/mol. The van der Waals surface area contributed by atoms with E-state index in [0.29, 0.717) is 17.9 Å². The number of para-hydroxylation sites is 1. The number of hydrogen-bond donors (Lipinski definition) is 2. The third-order valence-electron chi connectivity index (χ3n) is 5.33. The molecule has 2 N–H and O–H groups in total. The van der Waals surface area contributed by atoms with Gasteiger partial charge in [-0.05, 0) is 66.3 Å². The van der Waals surface area contributed by atoms with E-state index in [2.05, 4.69) is 26.6 Å². The lowest BCUT2D eigenvalue weighted by molar-refractivity contribution is 0.0977. The van der Waals surface area contributed by atoms with Crippen molar-refractivity contribution in [1.29, 1.82) is 0 Å². The van der Waals surface area contributed by atoms with Crippen LogP contribution in [0.2, 0.25) is 0 Å². The molecule has 5 aromatic rings. The summed E-state index contributed by atoms with van der Waals surface area (Å²) in [4.78, 5) is 17.6. The van der Waals surface area contributed by atoms with E-state index < -0.39 is 0 Å². The van der Waals surface area contributed by atoms with Crippen molar-refractivity contribution in [1.82, 2.24) is 10.3 Å². The van der Waals surface area contributed by atoms with Crippen LogP contribution in [0.3, 0.4) is 0 Å². The normalized spacial score (nSPS) is 10.7. The number of hydrogen-bond acceptors (Lipinski definition) is 5. The highest BCUT2D eigenvalue weighted by Crippen LogP contribution is 2.36. The summed E-state index contributed by atoms with van der Waals surface area (Å²) in [6, 6.07) is 30.7. The first-order chi connectivity index (χ1) is 17.5. The van der Waals surface area contributed by atoms with Crippen molar-refractivity contribution in [2.24, 2.45) is 0 Å². The Morgan fingerprint density at radius 2 is 1.75 bits per heavy atom. The van der Waals surface area contributed by atoms with Crippen LogP contribution in [0.25, 0.3) is 20.8 Å². The minimum absolute atomic E-state index is 0.195. The van der Waals surface area contributed by atoms with Gasteiger partial charge < -0.3 is 10.1 Å². The summed E-state index contributed by atoms with van der Waals surface area (Å²) in [5.41, 5.74) is 4.08.